The van der Waals surface area contributed by atoms with E-state index in [4.69, 9.17) is 17.2 Å². The summed E-state index contributed by atoms with van der Waals surface area (Å²) in [6, 6.07) is -4.57. The number of aliphatic hydroxyl groups is 1. The highest BCUT2D eigenvalue weighted by atomic mass is 16.4. The van der Waals surface area contributed by atoms with Gasteiger partial charge in [-0.2, -0.15) is 0 Å². The summed E-state index contributed by atoms with van der Waals surface area (Å²) in [5, 5.41) is 24.3. The number of aliphatic carboxylic acids is 1. The summed E-state index contributed by atoms with van der Waals surface area (Å²) < 4.78 is 0. The number of nitrogens with zero attached hydrogens (tertiary/aromatic N) is 1. The van der Waals surface area contributed by atoms with Crippen LogP contribution >= 0.6 is 0 Å². The van der Waals surface area contributed by atoms with Gasteiger partial charge in [-0.15, -0.1) is 0 Å². The summed E-state index contributed by atoms with van der Waals surface area (Å²) in [7, 11) is 0. The molecule has 0 aromatic rings. The third-order valence-electron chi connectivity index (χ3n) is 5.48. The Morgan fingerprint density at radius 1 is 1.09 bits per heavy atom. The molecule has 10 N–H and O–H groups in total. The molecule has 188 valence electrons. The number of rotatable bonds is 14. The van der Waals surface area contributed by atoms with Crippen molar-refractivity contribution in [3.8, 4) is 0 Å². The molecule has 4 amide bonds. The number of aliphatic hydroxyl groups excluding tert-OH is 1. The third-order valence-corrected chi connectivity index (χ3v) is 5.48. The summed E-state index contributed by atoms with van der Waals surface area (Å²) in [4.78, 5) is 61.8. The molecule has 13 heteroatoms. The standard InChI is InChI=1S/C20H36N6O7/c1-11(27)16(25-17(29)12(22)7-8-15(23)28)18(30)24-13(5-2-3-9-21)19(31)26-10-4-6-14(26)20(32)33/h11-14,16,27H,2-10,21-22H2,1H3,(H2,23,28)(H,24,30)(H,25,29)(H,32,33). The average molecular weight is 473 g/mol. The van der Waals surface area contributed by atoms with Crippen LogP contribution in [0.1, 0.15) is 51.9 Å². The van der Waals surface area contributed by atoms with E-state index >= 15 is 0 Å². The molecule has 0 spiro atoms. The summed E-state index contributed by atoms with van der Waals surface area (Å²) in [5.74, 6) is -3.89. The minimum Gasteiger partial charge on any atom is -0.480 e. The zero-order chi connectivity index (χ0) is 25.1. The topological polar surface area (TPSA) is 231 Å². The average Bonchev–Trinajstić information content (AvgIpc) is 3.24. The minimum atomic E-state index is -1.42. The molecule has 0 radical (unpaired) electrons. The first kappa shape index (κ1) is 28.3. The van der Waals surface area contributed by atoms with Crippen molar-refractivity contribution in [1.29, 1.82) is 0 Å². The lowest BCUT2D eigenvalue weighted by Gasteiger charge is -2.29. The molecule has 1 heterocycles. The van der Waals surface area contributed by atoms with Crippen molar-refractivity contribution in [1.82, 2.24) is 15.5 Å². The van der Waals surface area contributed by atoms with Gasteiger partial charge in [0.1, 0.15) is 18.1 Å². The second-order valence-electron chi connectivity index (χ2n) is 8.21. The van der Waals surface area contributed by atoms with E-state index in [0.29, 0.717) is 32.2 Å². The number of nitrogens with one attached hydrogen (secondary N) is 2. The van der Waals surface area contributed by atoms with Crippen LogP contribution in [0.5, 0.6) is 0 Å². The van der Waals surface area contributed by atoms with Crippen molar-refractivity contribution in [2.24, 2.45) is 17.2 Å². The van der Waals surface area contributed by atoms with E-state index in [1.54, 1.807) is 0 Å². The van der Waals surface area contributed by atoms with Gasteiger partial charge in [0.2, 0.25) is 23.6 Å². The molecule has 5 atom stereocenters. The molecule has 0 bridgehead atoms. The number of nitrogens with two attached hydrogens (primary N) is 3. The largest absolute Gasteiger partial charge is 0.480 e. The van der Waals surface area contributed by atoms with Crippen molar-refractivity contribution in [3.63, 3.8) is 0 Å². The van der Waals surface area contributed by atoms with Gasteiger partial charge in [-0.05, 0) is 52.0 Å². The van der Waals surface area contributed by atoms with Crippen LogP contribution in [0.15, 0.2) is 0 Å². The van der Waals surface area contributed by atoms with Crippen molar-refractivity contribution >= 4 is 29.6 Å². The number of unbranched alkanes of at least 4 members (excludes halogenated alkanes) is 1. The second-order valence-corrected chi connectivity index (χ2v) is 8.21. The highest BCUT2D eigenvalue weighted by Crippen LogP contribution is 2.20. The molecule has 0 aromatic carbocycles. The van der Waals surface area contributed by atoms with E-state index in [2.05, 4.69) is 10.6 Å². The fourth-order valence-corrected chi connectivity index (χ4v) is 3.59. The molecule has 33 heavy (non-hydrogen) atoms. The molecule has 0 saturated carbocycles. The number of hydrogen-bond acceptors (Lipinski definition) is 8. The van der Waals surface area contributed by atoms with Gasteiger partial charge in [-0.25, -0.2) is 4.79 Å². The normalized spacial score (nSPS) is 19.3. The summed E-state index contributed by atoms with van der Waals surface area (Å²) >= 11 is 0. The van der Waals surface area contributed by atoms with Crippen LogP contribution in [0.3, 0.4) is 0 Å². The monoisotopic (exact) mass is 472 g/mol. The molecule has 1 saturated heterocycles. The number of primary amides is 1. The molecule has 1 aliphatic heterocycles. The van der Waals surface area contributed by atoms with Crippen LogP contribution in [0.4, 0.5) is 0 Å². The predicted molar refractivity (Wildman–Crippen MR) is 117 cm³/mol. The fourth-order valence-electron chi connectivity index (χ4n) is 3.59. The van der Waals surface area contributed by atoms with E-state index < -0.39 is 59.9 Å². The smallest absolute Gasteiger partial charge is 0.326 e. The molecule has 0 aromatic heterocycles. The Morgan fingerprint density at radius 3 is 2.30 bits per heavy atom. The zero-order valence-electron chi connectivity index (χ0n) is 18.9. The number of carboxylic acid groups (broad SMARTS) is 1. The highest BCUT2D eigenvalue weighted by Gasteiger charge is 2.38. The number of amides is 4. The van der Waals surface area contributed by atoms with Crippen LogP contribution in [0.2, 0.25) is 0 Å². The van der Waals surface area contributed by atoms with E-state index in [9.17, 15) is 34.2 Å². The van der Waals surface area contributed by atoms with Crippen LogP contribution in [-0.4, -0.2) is 88.1 Å². The highest BCUT2D eigenvalue weighted by molar-refractivity contribution is 5.94. The molecular weight excluding hydrogens is 436 g/mol. The van der Waals surface area contributed by atoms with Crippen LogP contribution in [0, 0.1) is 0 Å². The molecule has 1 rings (SSSR count). The van der Waals surface area contributed by atoms with Gasteiger partial charge in [0.25, 0.3) is 0 Å². The first-order valence-corrected chi connectivity index (χ1v) is 11.1. The maximum atomic E-state index is 13.1. The Hall–Kier alpha value is -2.77. The van der Waals surface area contributed by atoms with Crippen molar-refractivity contribution in [2.75, 3.05) is 13.1 Å². The van der Waals surface area contributed by atoms with Crippen molar-refractivity contribution < 1.29 is 34.2 Å². The number of carboxylic acids is 1. The molecule has 1 fully saturated rings. The second kappa shape index (κ2) is 13.7. The lowest BCUT2D eigenvalue weighted by atomic mass is 10.0. The van der Waals surface area contributed by atoms with Crippen molar-refractivity contribution in [3.05, 3.63) is 0 Å². The first-order chi connectivity index (χ1) is 15.5. The van der Waals surface area contributed by atoms with Gasteiger partial charge in [0.05, 0.1) is 12.1 Å². The quantitative estimate of drug-likeness (QED) is 0.129. The van der Waals surface area contributed by atoms with Crippen molar-refractivity contribution in [2.45, 2.75) is 82.1 Å². The number of carbonyl (C=O) groups is 5. The van der Waals surface area contributed by atoms with Gasteiger partial charge >= 0.3 is 5.97 Å². The Labute approximate surface area is 192 Å². The zero-order valence-corrected chi connectivity index (χ0v) is 18.9. The number of likely N-dealkylation sites (tertiary alicyclic amines) is 1. The maximum Gasteiger partial charge on any atom is 0.326 e. The SMILES string of the molecule is CC(O)C(NC(=O)C(N)CCC(N)=O)C(=O)NC(CCCCN)C(=O)N1CCCC1C(=O)O. The van der Waals surface area contributed by atoms with Gasteiger partial charge in [0.15, 0.2) is 0 Å². The van der Waals surface area contributed by atoms with Gasteiger partial charge in [-0.3, -0.25) is 19.2 Å². The number of carbonyl (C=O) groups excluding carboxylic acids is 4. The van der Waals surface area contributed by atoms with Gasteiger partial charge in [0, 0.05) is 13.0 Å². The van der Waals surface area contributed by atoms with Gasteiger partial charge in [-0.1, -0.05) is 0 Å². The Kier molecular flexibility index (Phi) is 11.7. The number of hydrogen-bond donors (Lipinski definition) is 7. The predicted octanol–water partition coefficient (Wildman–Crippen LogP) is -2.87. The van der Waals surface area contributed by atoms with Crippen LogP contribution in [0.25, 0.3) is 0 Å². The Balaban J connectivity index is 2.92. The van der Waals surface area contributed by atoms with E-state index in [0.717, 1.165) is 0 Å². The molecule has 0 aliphatic carbocycles. The van der Waals surface area contributed by atoms with E-state index in [1.165, 1.54) is 11.8 Å². The minimum absolute atomic E-state index is 0.0406. The summed E-state index contributed by atoms with van der Waals surface area (Å²) in [6.45, 7) is 1.92. The lowest BCUT2D eigenvalue weighted by molar-refractivity contribution is -0.149. The summed E-state index contributed by atoms with van der Waals surface area (Å²) in [6.07, 6.45) is 0.663. The molecule has 5 unspecified atom stereocenters. The van der Waals surface area contributed by atoms with E-state index in [1.807, 2.05) is 0 Å². The summed E-state index contributed by atoms with van der Waals surface area (Å²) in [5.41, 5.74) is 16.3. The van der Waals surface area contributed by atoms with E-state index in [-0.39, 0.29) is 25.8 Å². The molecular formula is C20H36N6O7. The van der Waals surface area contributed by atoms with Crippen LogP contribution in [-0.2, 0) is 24.0 Å². The maximum absolute atomic E-state index is 13.1. The Bertz CT molecular complexity index is 717. The lowest BCUT2D eigenvalue weighted by Crippen LogP contribution is -2.59. The Morgan fingerprint density at radius 2 is 1.76 bits per heavy atom. The third kappa shape index (κ3) is 8.94. The molecule has 1 aliphatic rings. The van der Waals surface area contributed by atoms with Crippen LogP contribution < -0.4 is 27.8 Å². The fraction of sp³-hybridized carbons (Fsp3) is 0.750. The first-order valence-electron chi connectivity index (χ1n) is 11.1. The molecule has 13 nitrogen and oxygen atoms in total. The van der Waals surface area contributed by atoms with Gasteiger partial charge < -0.3 is 42.9 Å².